The maximum Gasteiger partial charge on any atom is 0.230 e. The number of rotatable bonds is 6. The Bertz CT molecular complexity index is 1090. The zero-order chi connectivity index (χ0) is 22.0. The number of carbonyl (C=O) groups excluding carboxylic acids is 1. The van der Waals surface area contributed by atoms with E-state index in [-0.39, 0.29) is 12.0 Å². The van der Waals surface area contributed by atoms with Gasteiger partial charge in [0.15, 0.2) is 0 Å². The normalized spacial score (nSPS) is 18.6. The summed E-state index contributed by atoms with van der Waals surface area (Å²) in [6, 6.07) is 14.1. The summed E-state index contributed by atoms with van der Waals surface area (Å²) in [5.41, 5.74) is 3.81. The van der Waals surface area contributed by atoms with Gasteiger partial charge in [-0.25, -0.2) is 9.97 Å². The Morgan fingerprint density at radius 2 is 1.84 bits per heavy atom. The third kappa shape index (κ3) is 3.81. The van der Waals surface area contributed by atoms with E-state index in [9.17, 15) is 4.79 Å². The Morgan fingerprint density at radius 1 is 1.09 bits per heavy atom. The predicted octanol–water partition coefficient (Wildman–Crippen LogP) is 4.08. The highest BCUT2D eigenvalue weighted by Gasteiger charge is 2.43. The van der Waals surface area contributed by atoms with E-state index in [4.69, 9.17) is 9.47 Å². The molecule has 1 fully saturated rings. The Hall–Kier alpha value is -3.41. The number of hydrogen-bond donors (Lipinski definition) is 1. The summed E-state index contributed by atoms with van der Waals surface area (Å²) in [5.74, 6) is 1.79. The molecule has 1 atom stereocenters. The average Bonchev–Trinajstić information content (AvgIpc) is 3.50. The number of aromatic nitrogens is 2. The first-order valence-corrected chi connectivity index (χ1v) is 11.2. The van der Waals surface area contributed by atoms with Gasteiger partial charge in [0.05, 0.1) is 19.1 Å². The van der Waals surface area contributed by atoms with Crippen LogP contribution in [0.15, 0.2) is 61.2 Å². The Balaban J connectivity index is 1.26. The van der Waals surface area contributed by atoms with Gasteiger partial charge in [-0.3, -0.25) is 4.79 Å². The van der Waals surface area contributed by atoms with Crippen LogP contribution < -0.4 is 14.8 Å². The third-order valence-electron chi connectivity index (χ3n) is 6.72. The van der Waals surface area contributed by atoms with Crippen LogP contribution in [0, 0.1) is 0 Å². The molecular formula is C26H27N3O3. The highest BCUT2D eigenvalue weighted by Crippen LogP contribution is 2.42. The molecule has 1 aliphatic carbocycles. The van der Waals surface area contributed by atoms with Crippen molar-refractivity contribution in [3.8, 4) is 22.6 Å². The quantitative estimate of drug-likeness (QED) is 0.639. The highest BCUT2D eigenvalue weighted by atomic mass is 16.5. The first-order valence-electron chi connectivity index (χ1n) is 11.2. The second-order valence-electron chi connectivity index (χ2n) is 8.62. The molecule has 0 radical (unpaired) electrons. The Kier molecular flexibility index (Phi) is 5.52. The predicted molar refractivity (Wildman–Crippen MR) is 122 cm³/mol. The maximum atomic E-state index is 13.4. The molecule has 2 heterocycles. The second-order valence-corrected chi connectivity index (χ2v) is 8.62. The molecule has 0 spiro atoms. The third-order valence-corrected chi connectivity index (χ3v) is 6.72. The van der Waals surface area contributed by atoms with Crippen molar-refractivity contribution in [2.45, 2.75) is 43.6 Å². The van der Waals surface area contributed by atoms with E-state index in [0.717, 1.165) is 65.9 Å². The van der Waals surface area contributed by atoms with E-state index in [1.54, 1.807) is 7.11 Å². The van der Waals surface area contributed by atoms with Crippen LogP contribution in [0.25, 0.3) is 11.1 Å². The zero-order valence-corrected chi connectivity index (χ0v) is 18.2. The monoisotopic (exact) mass is 429 g/mol. The zero-order valence-electron chi connectivity index (χ0n) is 18.2. The van der Waals surface area contributed by atoms with Crippen LogP contribution in [0.4, 0.5) is 0 Å². The summed E-state index contributed by atoms with van der Waals surface area (Å²) in [6.45, 7) is 0.495. The van der Waals surface area contributed by atoms with Gasteiger partial charge in [-0.05, 0) is 53.8 Å². The van der Waals surface area contributed by atoms with Crippen LogP contribution in [-0.2, 0) is 16.6 Å². The molecule has 0 bridgehead atoms. The van der Waals surface area contributed by atoms with Gasteiger partial charge in [-0.1, -0.05) is 31.0 Å². The standard InChI is InChI=1S/C26H27N3O3/c1-31-22-7-5-21(6-8-22)26(10-2-3-11-26)25(30)29-16-23-13-19-12-18(4-9-24(19)32-23)20-14-27-17-28-15-20/h4-9,12,14-15,17,23H,2-3,10-11,13,16H2,1H3,(H,29,30). The van der Waals surface area contributed by atoms with Crippen molar-refractivity contribution in [1.29, 1.82) is 0 Å². The largest absolute Gasteiger partial charge is 0.497 e. The van der Waals surface area contributed by atoms with E-state index < -0.39 is 5.41 Å². The lowest BCUT2D eigenvalue weighted by molar-refractivity contribution is -0.127. The van der Waals surface area contributed by atoms with Gasteiger partial charge in [-0.2, -0.15) is 0 Å². The lowest BCUT2D eigenvalue weighted by Gasteiger charge is -2.29. The van der Waals surface area contributed by atoms with Crippen molar-refractivity contribution in [2.24, 2.45) is 0 Å². The van der Waals surface area contributed by atoms with Crippen LogP contribution in [0.5, 0.6) is 11.5 Å². The lowest BCUT2D eigenvalue weighted by Crippen LogP contribution is -2.45. The minimum atomic E-state index is -0.460. The van der Waals surface area contributed by atoms with Gasteiger partial charge in [0.2, 0.25) is 5.91 Å². The number of carbonyl (C=O) groups is 1. The fraction of sp³-hybridized carbons (Fsp3) is 0.346. The van der Waals surface area contributed by atoms with Gasteiger partial charge in [-0.15, -0.1) is 0 Å². The number of fused-ring (bicyclic) bond motifs is 1. The summed E-state index contributed by atoms with van der Waals surface area (Å²) in [6.07, 6.45) is 9.73. The Morgan fingerprint density at radius 3 is 2.56 bits per heavy atom. The van der Waals surface area contributed by atoms with Crippen molar-refractivity contribution < 1.29 is 14.3 Å². The molecule has 1 N–H and O–H groups in total. The number of nitrogens with zero attached hydrogens (tertiary/aromatic N) is 2. The second kappa shape index (κ2) is 8.61. The van der Waals surface area contributed by atoms with E-state index in [0.29, 0.717) is 6.54 Å². The molecule has 1 aromatic heterocycles. The smallest absolute Gasteiger partial charge is 0.230 e. The summed E-state index contributed by atoms with van der Waals surface area (Å²) < 4.78 is 11.4. The van der Waals surface area contributed by atoms with Gasteiger partial charge in [0, 0.05) is 24.4 Å². The van der Waals surface area contributed by atoms with Gasteiger partial charge < -0.3 is 14.8 Å². The molecule has 1 unspecified atom stereocenters. The van der Waals surface area contributed by atoms with Crippen molar-refractivity contribution >= 4 is 5.91 Å². The molecule has 164 valence electrons. The molecule has 5 rings (SSSR count). The number of nitrogens with one attached hydrogen (secondary N) is 1. The number of ether oxygens (including phenoxy) is 2. The number of benzene rings is 2. The molecular weight excluding hydrogens is 402 g/mol. The number of hydrogen-bond acceptors (Lipinski definition) is 5. The van der Waals surface area contributed by atoms with Crippen LogP contribution in [0.3, 0.4) is 0 Å². The van der Waals surface area contributed by atoms with Crippen LogP contribution in [-0.4, -0.2) is 35.6 Å². The van der Waals surface area contributed by atoms with E-state index in [1.165, 1.54) is 6.33 Å². The molecule has 2 aliphatic rings. The van der Waals surface area contributed by atoms with E-state index in [1.807, 2.05) is 48.8 Å². The minimum Gasteiger partial charge on any atom is -0.497 e. The topological polar surface area (TPSA) is 73.3 Å². The van der Waals surface area contributed by atoms with Crippen molar-refractivity contribution in [1.82, 2.24) is 15.3 Å². The maximum absolute atomic E-state index is 13.4. The molecule has 2 aromatic carbocycles. The number of methoxy groups -OCH3 is 1. The van der Waals surface area contributed by atoms with Crippen LogP contribution in [0.1, 0.15) is 36.8 Å². The highest BCUT2D eigenvalue weighted by molar-refractivity contribution is 5.88. The minimum absolute atomic E-state index is 0.0643. The fourth-order valence-electron chi connectivity index (χ4n) is 4.97. The van der Waals surface area contributed by atoms with Gasteiger partial charge in [0.1, 0.15) is 23.9 Å². The summed E-state index contributed by atoms with van der Waals surface area (Å²) in [5, 5.41) is 3.20. The fourth-order valence-corrected chi connectivity index (χ4v) is 4.97. The SMILES string of the molecule is COc1ccc(C2(C(=O)NCC3Cc4cc(-c5cncnc5)ccc4O3)CCCC2)cc1. The molecule has 6 nitrogen and oxygen atoms in total. The van der Waals surface area contributed by atoms with E-state index >= 15 is 0 Å². The number of amides is 1. The van der Waals surface area contributed by atoms with Crippen LogP contribution in [0.2, 0.25) is 0 Å². The molecule has 32 heavy (non-hydrogen) atoms. The summed E-state index contributed by atoms with van der Waals surface area (Å²) in [7, 11) is 1.66. The lowest BCUT2D eigenvalue weighted by atomic mass is 9.78. The van der Waals surface area contributed by atoms with Crippen molar-refractivity contribution in [3.05, 3.63) is 72.3 Å². The van der Waals surface area contributed by atoms with Crippen molar-refractivity contribution in [2.75, 3.05) is 13.7 Å². The first-order chi connectivity index (χ1) is 15.7. The molecule has 6 heteroatoms. The van der Waals surface area contributed by atoms with E-state index in [2.05, 4.69) is 21.4 Å². The summed E-state index contributed by atoms with van der Waals surface area (Å²) >= 11 is 0. The van der Waals surface area contributed by atoms with Gasteiger partial charge in [0.25, 0.3) is 0 Å². The molecule has 1 amide bonds. The average molecular weight is 430 g/mol. The Labute approximate surface area is 188 Å². The molecule has 1 aliphatic heterocycles. The summed E-state index contributed by atoms with van der Waals surface area (Å²) in [4.78, 5) is 21.6. The van der Waals surface area contributed by atoms with Crippen LogP contribution >= 0.6 is 0 Å². The molecule has 3 aromatic rings. The van der Waals surface area contributed by atoms with Gasteiger partial charge >= 0.3 is 0 Å². The van der Waals surface area contributed by atoms with Crippen molar-refractivity contribution in [3.63, 3.8) is 0 Å². The molecule has 0 saturated heterocycles. The first kappa shape index (κ1) is 20.5. The molecule has 1 saturated carbocycles.